The average Bonchev–Trinajstić information content (AvgIpc) is 2.83. The fourth-order valence-corrected chi connectivity index (χ4v) is 3.53. The zero-order valence-corrected chi connectivity index (χ0v) is 17.8. The molecule has 32 heavy (non-hydrogen) atoms. The topological polar surface area (TPSA) is 69.6 Å². The maximum absolute atomic E-state index is 13.4. The van der Waals surface area contributed by atoms with Gasteiger partial charge in [-0.05, 0) is 35.2 Å². The largest absolute Gasteiger partial charge is 0.395 e. The van der Waals surface area contributed by atoms with Crippen LogP contribution in [0.1, 0.15) is 29.2 Å². The van der Waals surface area contributed by atoms with Crippen molar-refractivity contribution in [2.24, 2.45) is 0 Å². The van der Waals surface area contributed by atoms with E-state index in [-0.39, 0.29) is 43.7 Å². The molecule has 1 unspecified atom stereocenters. The second kappa shape index (κ2) is 11.8. The van der Waals surface area contributed by atoms with E-state index in [1.165, 1.54) is 17.0 Å². The van der Waals surface area contributed by atoms with Crippen molar-refractivity contribution in [3.63, 3.8) is 0 Å². The predicted molar refractivity (Wildman–Crippen MR) is 121 cm³/mol. The highest BCUT2D eigenvalue weighted by Crippen LogP contribution is 2.25. The molecule has 166 valence electrons. The SMILES string of the molecule is O=C(NCCO)C(c1ccccc1)N(Cc1ccc(F)cc1)C(=O)CCc1ccccc1. The summed E-state index contributed by atoms with van der Waals surface area (Å²) >= 11 is 0. The molecule has 0 saturated heterocycles. The molecule has 3 rings (SSSR count). The van der Waals surface area contributed by atoms with E-state index < -0.39 is 6.04 Å². The molecule has 6 heteroatoms. The molecular weight excluding hydrogens is 407 g/mol. The highest BCUT2D eigenvalue weighted by molar-refractivity contribution is 5.88. The van der Waals surface area contributed by atoms with Gasteiger partial charge in [-0.2, -0.15) is 0 Å². The molecule has 0 heterocycles. The lowest BCUT2D eigenvalue weighted by atomic mass is 10.0. The molecule has 0 aliphatic heterocycles. The summed E-state index contributed by atoms with van der Waals surface area (Å²) in [7, 11) is 0. The van der Waals surface area contributed by atoms with E-state index >= 15 is 0 Å². The van der Waals surface area contributed by atoms with Crippen LogP contribution in [0.5, 0.6) is 0 Å². The van der Waals surface area contributed by atoms with Crippen LogP contribution in [-0.4, -0.2) is 35.0 Å². The zero-order valence-electron chi connectivity index (χ0n) is 17.8. The number of carbonyl (C=O) groups excluding carboxylic acids is 2. The van der Waals surface area contributed by atoms with Crippen molar-refractivity contribution in [3.05, 3.63) is 107 Å². The third-order valence-corrected chi connectivity index (χ3v) is 5.14. The van der Waals surface area contributed by atoms with Crippen molar-refractivity contribution in [2.75, 3.05) is 13.2 Å². The van der Waals surface area contributed by atoms with E-state index in [9.17, 15) is 14.0 Å². The lowest BCUT2D eigenvalue weighted by Crippen LogP contribution is -2.44. The lowest BCUT2D eigenvalue weighted by Gasteiger charge is -2.31. The molecule has 2 amide bonds. The highest BCUT2D eigenvalue weighted by Gasteiger charge is 2.31. The first-order chi connectivity index (χ1) is 15.6. The number of amides is 2. The number of halogens is 1. The summed E-state index contributed by atoms with van der Waals surface area (Å²) in [6.45, 7) is 0.0396. The molecule has 0 aromatic heterocycles. The summed E-state index contributed by atoms with van der Waals surface area (Å²) in [5.41, 5.74) is 2.41. The second-order valence-corrected chi connectivity index (χ2v) is 7.46. The summed E-state index contributed by atoms with van der Waals surface area (Å²) in [6.07, 6.45) is 0.765. The molecule has 1 atom stereocenters. The molecular formula is C26H27FN2O3. The monoisotopic (exact) mass is 434 g/mol. The van der Waals surface area contributed by atoms with Gasteiger partial charge in [0, 0.05) is 19.5 Å². The van der Waals surface area contributed by atoms with E-state index in [4.69, 9.17) is 5.11 Å². The van der Waals surface area contributed by atoms with E-state index in [1.54, 1.807) is 24.3 Å². The van der Waals surface area contributed by atoms with Crippen molar-refractivity contribution in [2.45, 2.75) is 25.4 Å². The first kappa shape index (κ1) is 23.2. The minimum Gasteiger partial charge on any atom is -0.395 e. The van der Waals surface area contributed by atoms with Crippen LogP contribution in [0.3, 0.4) is 0 Å². The molecule has 0 aliphatic rings. The van der Waals surface area contributed by atoms with Gasteiger partial charge in [0.2, 0.25) is 11.8 Å². The van der Waals surface area contributed by atoms with Crippen LogP contribution in [0.2, 0.25) is 0 Å². The molecule has 0 fully saturated rings. The number of carbonyl (C=O) groups is 2. The number of hydrogen-bond donors (Lipinski definition) is 2. The summed E-state index contributed by atoms with van der Waals surface area (Å²) in [5.74, 6) is -0.928. The maximum atomic E-state index is 13.4. The quantitative estimate of drug-likeness (QED) is 0.512. The number of nitrogens with one attached hydrogen (secondary N) is 1. The van der Waals surface area contributed by atoms with Crippen LogP contribution in [0, 0.1) is 5.82 Å². The van der Waals surface area contributed by atoms with Crippen LogP contribution in [0.15, 0.2) is 84.9 Å². The zero-order chi connectivity index (χ0) is 22.8. The molecule has 3 aromatic carbocycles. The Kier molecular flexibility index (Phi) is 8.52. The van der Waals surface area contributed by atoms with Crippen LogP contribution < -0.4 is 5.32 Å². The number of hydrogen-bond acceptors (Lipinski definition) is 3. The summed E-state index contributed by atoms with van der Waals surface area (Å²) in [4.78, 5) is 28.0. The molecule has 0 aliphatic carbocycles. The van der Waals surface area contributed by atoms with Crippen molar-refractivity contribution in [1.82, 2.24) is 10.2 Å². The van der Waals surface area contributed by atoms with Gasteiger partial charge in [0.25, 0.3) is 0 Å². The van der Waals surface area contributed by atoms with Gasteiger partial charge < -0.3 is 15.3 Å². The molecule has 0 bridgehead atoms. The molecule has 2 N–H and O–H groups in total. The normalized spacial score (nSPS) is 11.6. The minimum atomic E-state index is -0.879. The van der Waals surface area contributed by atoms with Gasteiger partial charge in [0.15, 0.2) is 0 Å². The Hall–Kier alpha value is -3.51. The summed E-state index contributed by atoms with van der Waals surface area (Å²) in [6, 6.07) is 23.8. The van der Waals surface area contributed by atoms with Gasteiger partial charge in [-0.3, -0.25) is 9.59 Å². The van der Waals surface area contributed by atoms with Crippen molar-refractivity contribution < 1.29 is 19.1 Å². The number of aliphatic hydroxyl groups is 1. The number of aliphatic hydroxyl groups excluding tert-OH is 1. The molecule has 0 radical (unpaired) electrons. The van der Waals surface area contributed by atoms with E-state index in [0.29, 0.717) is 12.0 Å². The fourth-order valence-electron chi connectivity index (χ4n) is 3.53. The minimum absolute atomic E-state index is 0.0881. The number of benzene rings is 3. The van der Waals surface area contributed by atoms with Gasteiger partial charge in [-0.1, -0.05) is 72.8 Å². The second-order valence-electron chi connectivity index (χ2n) is 7.46. The smallest absolute Gasteiger partial charge is 0.247 e. The van der Waals surface area contributed by atoms with Crippen LogP contribution in [0.25, 0.3) is 0 Å². The molecule has 5 nitrogen and oxygen atoms in total. The Morgan fingerprint density at radius 2 is 1.50 bits per heavy atom. The number of aryl methyl sites for hydroxylation is 1. The van der Waals surface area contributed by atoms with Crippen molar-refractivity contribution >= 4 is 11.8 Å². The van der Waals surface area contributed by atoms with Crippen molar-refractivity contribution in [1.29, 1.82) is 0 Å². The van der Waals surface area contributed by atoms with Gasteiger partial charge >= 0.3 is 0 Å². The first-order valence-corrected chi connectivity index (χ1v) is 10.6. The van der Waals surface area contributed by atoms with Crippen LogP contribution in [0.4, 0.5) is 4.39 Å². The lowest BCUT2D eigenvalue weighted by molar-refractivity contribution is -0.141. The molecule has 3 aromatic rings. The predicted octanol–water partition coefficient (Wildman–Crippen LogP) is 3.64. The number of rotatable bonds is 10. The van der Waals surface area contributed by atoms with Crippen LogP contribution in [-0.2, 0) is 22.6 Å². The van der Waals surface area contributed by atoms with Gasteiger partial charge in [-0.25, -0.2) is 4.39 Å². The van der Waals surface area contributed by atoms with Gasteiger partial charge in [0.1, 0.15) is 11.9 Å². The molecule has 0 spiro atoms. The third-order valence-electron chi connectivity index (χ3n) is 5.14. The third kappa shape index (κ3) is 6.49. The maximum Gasteiger partial charge on any atom is 0.247 e. The standard InChI is InChI=1S/C26H27FN2O3/c27-23-14-11-21(12-15-23)19-29(24(31)16-13-20-7-3-1-4-8-20)25(26(32)28-17-18-30)22-9-5-2-6-10-22/h1-12,14-15,25,30H,13,16-19H2,(H,28,32). The number of nitrogens with zero attached hydrogens (tertiary/aromatic N) is 1. The Balaban J connectivity index is 1.91. The van der Waals surface area contributed by atoms with E-state index in [2.05, 4.69) is 5.32 Å². The summed E-state index contributed by atoms with van der Waals surface area (Å²) < 4.78 is 13.4. The Morgan fingerprint density at radius 1 is 0.875 bits per heavy atom. The van der Waals surface area contributed by atoms with Crippen molar-refractivity contribution in [3.8, 4) is 0 Å². The van der Waals surface area contributed by atoms with E-state index in [1.807, 2.05) is 48.5 Å². The fraction of sp³-hybridized carbons (Fsp3) is 0.231. The summed E-state index contributed by atoms with van der Waals surface area (Å²) in [5, 5.41) is 11.8. The average molecular weight is 435 g/mol. The Labute approximate surface area is 187 Å². The van der Waals surface area contributed by atoms with E-state index in [0.717, 1.165) is 11.1 Å². The molecule has 0 saturated carbocycles. The Morgan fingerprint density at radius 3 is 2.12 bits per heavy atom. The van der Waals surface area contributed by atoms with Crippen LogP contribution >= 0.6 is 0 Å². The first-order valence-electron chi connectivity index (χ1n) is 10.6. The van der Waals surface area contributed by atoms with Gasteiger partial charge in [-0.15, -0.1) is 0 Å². The van der Waals surface area contributed by atoms with Gasteiger partial charge in [0.05, 0.1) is 6.61 Å². The Bertz CT molecular complexity index is 995. The highest BCUT2D eigenvalue weighted by atomic mass is 19.1.